The highest BCUT2D eigenvalue weighted by Crippen LogP contribution is 2.24. The molecule has 2 aromatic rings. The van der Waals surface area contributed by atoms with E-state index in [2.05, 4.69) is 12.1 Å². The Labute approximate surface area is 165 Å². The largest absolute Gasteiger partial charge is 0.493 e. The number of hydrogen-bond acceptors (Lipinski definition) is 4. The van der Waals surface area contributed by atoms with Gasteiger partial charge in [-0.25, -0.2) is 0 Å². The fraction of sp³-hybridized carbons (Fsp3) is 0.409. The maximum Gasteiger partial charge on any atom is 0.253 e. The van der Waals surface area contributed by atoms with Gasteiger partial charge in [0, 0.05) is 23.3 Å². The fourth-order valence-corrected chi connectivity index (χ4v) is 4.18. The zero-order valence-electron chi connectivity index (χ0n) is 15.7. The van der Waals surface area contributed by atoms with Crippen molar-refractivity contribution in [3.63, 3.8) is 0 Å². The zero-order valence-corrected chi connectivity index (χ0v) is 16.5. The van der Waals surface area contributed by atoms with Crippen LogP contribution in [0.2, 0.25) is 0 Å². The molecule has 0 aromatic heterocycles. The Hall–Kier alpha value is -1.98. The van der Waals surface area contributed by atoms with E-state index in [1.54, 1.807) is 35.8 Å². The van der Waals surface area contributed by atoms with Gasteiger partial charge in [-0.15, -0.1) is 11.8 Å². The van der Waals surface area contributed by atoms with Crippen LogP contribution in [0.25, 0.3) is 0 Å². The van der Waals surface area contributed by atoms with E-state index in [9.17, 15) is 9.90 Å². The van der Waals surface area contributed by atoms with Crippen molar-refractivity contribution < 1.29 is 14.6 Å². The quantitative estimate of drug-likeness (QED) is 0.572. The second-order valence-electron chi connectivity index (χ2n) is 6.87. The van der Waals surface area contributed by atoms with E-state index in [-0.39, 0.29) is 11.9 Å². The second-order valence-corrected chi connectivity index (χ2v) is 8.04. The van der Waals surface area contributed by atoms with E-state index in [0.29, 0.717) is 12.2 Å². The summed E-state index contributed by atoms with van der Waals surface area (Å²) in [6.45, 7) is 0.612. The Kier molecular flexibility index (Phi) is 7.18. The molecule has 1 aliphatic rings. The van der Waals surface area contributed by atoms with Gasteiger partial charge in [-0.1, -0.05) is 31.0 Å². The molecule has 1 fully saturated rings. The summed E-state index contributed by atoms with van der Waals surface area (Å²) in [6.07, 6.45) is 3.32. The topological polar surface area (TPSA) is 49.8 Å². The molecule has 4 nitrogen and oxygen atoms in total. The number of aliphatic hydroxyl groups is 1. The summed E-state index contributed by atoms with van der Waals surface area (Å²) >= 11 is 1.76. The zero-order chi connectivity index (χ0) is 19.1. The number of hydrogen-bond donors (Lipinski definition) is 1. The number of amides is 1. The van der Waals surface area contributed by atoms with Gasteiger partial charge in [0.15, 0.2) is 0 Å². The minimum absolute atomic E-state index is 0.0490. The van der Waals surface area contributed by atoms with E-state index in [0.717, 1.165) is 37.2 Å². The van der Waals surface area contributed by atoms with E-state index in [4.69, 9.17) is 4.74 Å². The number of likely N-dealkylation sites (N-methyl/N-ethyl adjacent to an activating group) is 1. The maximum absolute atomic E-state index is 12.7. The molecule has 1 amide bonds. The number of nitrogens with zero attached hydrogens (tertiary/aromatic N) is 1. The lowest BCUT2D eigenvalue weighted by Gasteiger charge is -2.35. The summed E-state index contributed by atoms with van der Waals surface area (Å²) in [4.78, 5) is 15.6. The Bertz CT molecular complexity index is 720. The first-order chi connectivity index (χ1) is 13.1. The summed E-state index contributed by atoms with van der Waals surface area (Å²) in [7, 11) is 1.78. The third-order valence-electron chi connectivity index (χ3n) is 4.98. The predicted octanol–water partition coefficient (Wildman–Crippen LogP) is 4.23. The molecule has 3 rings (SSSR count). The van der Waals surface area contributed by atoms with Gasteiger partial charge in [0.1, 0.15) is 5.75 Å². The van der Waals surface area contributed by atoms with Crippen LogP contribution in [0.5, 0.6) is 5.75 Å². The number of benzene rings is 2. The lowest BCUT2D eigenvalue weighted by Crippen LogP contribution is -2.46. The molecule has 144 valence electrons. The lowest BCUT2D eigenvalue weighted by atomic mass is 9.91. The normalized spacial score (nSPS) is 19.5. The molecule has 2 aromatic carbocycles. The number of carbonyl (C=O) groups excluding carboxylic acids is 1. The van der Waals surface area contributed by atoms with Crippen molar-refractivity contribution in [3.05, 3.63) is 60.2 Å². The van der Waals surface area contributed by atoms with Crippen molar-refractivity contribution in [1.29, 1.82) is 0 Å². The van der Waals surface area contributed by atoms with Crippen molar-refractivity contribution in [1.82, 2.24) is 4.90 Å². The molecule has 0 unspecified atom stereocenters. The molecule has 0 radical (unpaired) electrons. The van der Waals surface area contributed by atoms with Crippen LogP contribution in [-0.4, -0.2) is 47.5 Å². The molecule has 27 heavy (non-hydrogen) atoms. The summed E-state index contributed by atoms with van der Waals surface area (Å²) < 4.78 is 5.77. The van der Waals surface area contributed by atoms with Gasteiger partial charge in [-0.2, -0.15) is 0 Å². The third kappa shape index (κ3) is 5.50. The average Bonchev–Trinajstić information content (AvgIpc) is 2.72. The molecular formula is C22H27NO3S. The number of thioether (sulfide) groups is 1. The van der Waals surface area contributed by atoms with E-state index in [1.807, 2.05) is 30.3 Å². The maximum atomic E-state index is 12.7. The van der Waals surface area contributed by atoms with Gasteiger partial charge < -0.3 is 14.7 Å². The van der Waals surface area contributed by atoms with Crippen molar-refractivity contribution in [2.24, 2.45) is 0 Å². The molecule has 2 atom stereocenters. The summed E-state index contributed by atoms with van der Waals surface area (Å²) in [6, 6.07) is 17.4. The summed E-state index contributed by atoms with van der Waals surface area (Å²) in [5, 5.41) is 10.2. The fourth-order valence-electron chi connectivity index (χ4n) is 3.43. The molecule has 0 bridgehead atoms. The Balaban J connectivity index is 1.48. The van der Waals surface area contributed by atoms with Crippen LogP contribution in [-0.2, 0) is 0 Å². The number of ether oxygens (including phenoxy) is 1. The standard InChI is InChI=1S/C22H27NO3S/c1-23(20-9-5-6-10-21(20)24)22(25)17-11-13-18(14-12-17)26-15-16-27-19-7-3-2-4-8-19/h2-4,7-8,11-14,20-21,24H,5-6,9-10,15-16H2,1H3/t20-,21+/m1/s1. The highest BCUT2D eigenvalue weighted by Gasteiger charge is 2.29. The Morgan fingerprint density at radius 3 is 2.52 bits per heavy atom. The molecule has 5 heteroatoms. The number of rotatable bonds is 7. The Morgan fingerprint density at radius 1 is 1.11 bits per heavy atom. The summed E-state index contributed by atoms with van der Waals surface area (Å²) in [5.41, 5.74) is 0.626. The van der Waals surface area contributed by atoms with Crippen LogP contribution in [0.1, 0.15) is 36.0 Å². The minimum atomic E-state index is -0.419. The first kappa shape index (κ1) is 19.8. The number of aliphatic hydroxyl groups excluding tert-OH is 1. The number of carbonyl (C=O) groups is 1. The first-order valence-electron chi connectivity index (χ1n) is 9.51. The third-order valence-corrected chi connectivity index (χ3v) is 5.95. The van der Waals surface area contributed by atoms with E-state index >= 15 is 0 Å². The van der Waals surface area contributed by atoms with Gasteiger partial charge >= 0.3 is 0 Å². The SMILES string of the molecule is CN(C(=O)c1ccc(OCCSc2ccccc2)cc1)[C@@H]1CCCC[C@@H]1O. The molecule has 0 saturated heterocycles. The molecular weight excluding hydrogens is 358 g/mol. The molecule has 0 aliphatic heterocycles. The monoisotopic (exact) mass is 385 g/mol. The minimum Gasteiger partial charge on any atom is -0.493 e. The highest BCUT2D eigenvalue weighted by molar-refractivity contribution is 7.99. The van der Waals surface area contributed by atoms with Gasteiger partial charge in [0.05, 0.1) is 18.8 Å². The van der Waals surface area contributed by atoms with Crippen molar-refractivity contribution in [2.45, 2.75) is 42.7 Å². The van der Waals surface area contributed by atoms with Crippen molar-refractivity contribution in [3.8, 4) is 5.75 Å². The van der Waals surface area contributed by atoms with Gasteiger partial charge in [-0.05, 0) is 49.2 Å². The molecule has 1 aliphatic carbocycles. The van der Waals surface area contributed by atoms with Crippen molar-refractivity contribution >= 4 is 17.7 Å². The average molecular weight is 386 g/mol. The van der Waals surface area contributed by atoms with Crippen LogP contribution >= 0.6 is 11.8 Å². The van der Waals surface area contributed by atoms with Crippen LogP contribution in [0.3, 0.4) is 0 Å². The van der Waals surface area contributed by atoms with Crippen molar-refractivity contribution in [2.75, 3.05) is 19.4 Å². The highest BCUT2D eigenvalue weighted by atomic mass is 32.2. The van der Waals surface area contributed by atoms with E-state index in [1.165, 1.54) is 4.90 Å². The molecule has 1 N–H and O–H groups in total. The molecule has 0 heterocycles. The van der Waals surface area contributed by atoms with Gasteiger partial charge in [0.2, 0.25) is 0 Å². The van der Waals surface area contributed by atoms with E-state index < -0.39 is 6.10 Å². The van der Waals surface area contributed by atoms with Crippen LogP contribution in [0.15, 0.2) is 59.5 Å². The Morgan fingerprint density at radius 2 is 1.81 bits per heavy atom. The van der Waals surface area contributed by atoms with Crippen LogP contribution in [0, 0.1) is 0 Å². The smallest absolute Gasteiger partial charge is 0.253 e. The molecule has 1 saturated carbocycles. The van der Waals surface area contributed by atoms with Crippen LogP contribution < -0.4 is 4.74 Å². The molecule has 0 spiro atoms. The lowest BCUT2D eigenvalue weighted by molar-refractivity contribution is 0.0268. The van der Waals surface area contributed by atoms with Crippen LogP contribution in [0.4, 0.5) is 0 Å². The van der Waals surface area contributed by atoms with Gasteiger partial charge in [0.25, 0.3) is 5.91 Å². The predicted molar refractivity (Wildman–Crippen MR) is 109 cm³/mol. The summed E-state index contributed by atoms with van der Waals surface area (Å²) in [5.74, 6) is 1.58. The van der Waals surface area contributed by atoms with Gasteiger partial charge in [-0.3, -0.25) is 4.79 Å². The second kappa shape index (κ2) is 9.81. The first-order valence-corrected chi connectivity index (χ1v) is 10.5.